The lowest BCUT2D eigenvalue weighted by molar-refractivity contribution is -0.275. The highest BCUT2D eigenvalue weighted by atomic mass is 19.4. The Balaban J connectivity index is 2.29. The van der Waals surface area contributed by atoms with Crippen molar-refractivity contribution in [1.29, 1.82) is 0 Å². The molecule has 106 valence electrons. The minimum atomic E-state index is -4.73. The molecule has 0 aromatic heterocycles. The topological polar surface area (TPSA) is 44.5 Å². The molecule has 19 heavy (non-hydrogen) atoms. The Morgan fingerprint density at radius 1 is 1.37 bits per heavy atom. The normalized spacial score (nSPS) is 25.3. The van der Waals surface area contributed by atoms with E-state index >= 15 is 0 Å². The van der Waals surface area contributed by atoms with Crippen LogP contribution in [0.2, 0.25) is 0 Å². The zero-order valence-electron chi connectivity index (χ0n) is 10.5. The summed E-state index contributed by atoms with van der Waals surface area (Å²) in [5.41, 5.74) is 5.74. The van der Waals surface area contributed by atoms with Gasteiger partial charge in [0.15, 0.2) is 0 Å². The van der Waals surface area contributed by atoms with E-state index in [0.29, 0.717) is 18.6 Å². The van der Waals surface area contributed by atoms with E-state index in [9.17, 15) is 13.2 Å². The summed E-state index contributed by atoms with van der Waals surface area (Å²) in [5, 5.41) is 0. The van der Waals surface area contributed by atoms with Crippen LogP contribution in [0.25, 0.3) is 0 Å². The molecule has 2 unspecified atom stereocenters. The molecular weight excluding hydrogens is 259 g/mol. The van der Waals surface area contributed by atoms with Crippen molar-refractivity contribution < 1.29 is 22.6 Å². The smallest absolute Gasteiger partial charge is 0.405 e. The third-order valence-corrected chi connectivity index (χ3v) is 3.39. The average Bonchev–Trinajstić information content (AvgIpc) is 2.75. The van der Waals surface area contributed by atoms with Gasteiger partial charge in [-0.1, -0.05) is 18.2 Å². The van der Waals surface area contributed by atoms with E-state index in [0.717, 1.165) is 6.42 Å². The quantitative estimate of drug-likeness (QED) is 0.921. The van der Waals surface area contributed by atoms with Gasteiger partial charge < -0.3 is 15.2 Å². The molecule has 1 aromatic carbocycles. The fourth-order valence-corrected chi connectivity index (χ4v) is 2.33. The van der Waals surface area contributed by atoms with Crippen LogP contribution in [0.15, 0.2) is 24.3 Å². The molecule has 1 aliphatic heterocycles. The molecule has 1 saturated heterocycles. The second-order valence-electron chi connectivity index (χ2n) is 4.83. The fraction of sp³-hybridized carbons (Fsp3) is 0.538. The molecule has 0 radical (unpaired) electrons. The lowest BCUT2D eigenvalue weighted by atomic mass is 9.88. The molecule has 6 heteroatoms. The number of nitrogens with two attached hydrogens (primary N) is 1. The molecule has 0 bridgehead atoms. The summed E-state index contributed by atoms with van der Waals surface area (Å²) >= 11 is 0. The van der Waals surface area contributed by atoms with E-state index in [-0.39, 0.29) is 5.75 Å². The van der Waals surface area contributed by atoms with E-state index in [4.69, 9.17) is 10.5 Å². The molecule has 2 rings (SSSR count). The van der Waals surface area contributed by atoms with Gasteiger partial charge in [0.1, 0.15) is 5.75 Å². The van der Waals surface area contributed by atoms with Gasteiger partial charge in [-0.25, -0.2) is 0 Å². The van der Waals surface area contributed by atoms with Crippen LogP contribution in [0, 0.1) is 0 Å². The number of alkyl halides is 3. The number of benzene rings is 1. The van der Waals surface area contributed by atoms with E-state index in [1.165, 1.54) is 12.1 Å². The van der Waals surface area contributed by atoms with Crippen molar-refractivity contribution in [1.82, 2.24) is 0 Å². The average molecular weight is 275 g/mol. The van der Waals surface area contributed by atoms with Gasteiger partial charge in [-0.3, -0.25) is 0 Å². The van der Waals surface area contributed by atoms with Crippen molar-refractivity contribution in [2.45, 2.75) is 37.8 Å². The van der Waals surface area contributed by atoms with Gasteiger partial charge in [0.05, 0.1) is 11.6 Å². The predicted molar refractivity (Wildman–Crippen MR) is 63.6 cm³/mol. The van der Waals surface area contributed by atoms with E-state index in [2.05, 4.69) is 4.74 Å². The van der Waals surface area contributed by atoms with Crippen LogP contribution < -0.4 is 10.5 Å². The monoisotopic (exact) mass is 275 g/mol. The summed E-state index contributed by atoms with van der Waals surface area (Å²) < 4.78 is 46.7. The van der Waals surface area contributed by atoms with Crippen LogP contribution in [-0.4, -0.2) is 18.6 Å². The van der Waals surface area contributed by atoms with Crippen LogP contribution in [0.1, 0.15) is 31.4 Å². The van der Waals surface area contributed by atoms with Crippen LogP contribution >= 0.6 is 0 Å². The number of ether oxygens (including phenoxy) is 2. The van der Waals surface area contributed by atoms with Gasteiger partial charge in [-0.05, 0) is 25.8 Å². The minimum absolute atomic E-state index is 0.265. The largest absolute Gasteiger partial charge is 0.573 e. The number of rotatable bonds is 3. The molecule has 1 heterocycles. The van der Waals surface area contributed by atoms with Gasteiger partial charge >= 0.3 is 6.36 Å². The van der Waals surface area contributed by atoms with Gasteiger partial charge in [-0.2, -0.15) is 0 Å². The lowest BCUT2D eigenvalue weighted by Gasteiger charge is -2.31. The summed E-state index contributed by atoms with van der Waals surface area (Å²) in [6.07, 6.45) is -3.16. The van der Waals surface area contributed by atoms with Crippen molar-refractivity contribution in [3.63, 3.8) is 0 Å². The van der Waals surface area contributed by atoms with Crippen molar-refractivity contribution in [3.05, 3.63) is 29.8 Å². The Hall–Kier alpha value is -1.27. The molecule has 0 saturated carbocycles. The van der Waals surface area contributed by atoms with Crippen LogP contribution in [-0.2, 0) is 4.74 Å². The number of para-hydroxylation sites is 1. The first-order valence-corrected chi connectivity index (χ1v) is 6.06. The van der Waals surface area contributed by atoms with Gasteiger partial charge in [0.2, 0.25) is 0 Å². The zero-order valence-corrected chi connectivity index (χ0v) is 10.5. The Morgan fingerprint density at radius 3 is 2.63 bits per heavy atom. The van der Waals surface area contributed by atoms with Gasteiger partial charge in [-0.15, -0.1) is 13.2 Å². The summed E-state index contributed by atoms with van der Waals surface area (Å²) in [7, 11) is 0. The maximum Gasteiger partial charge on any atom is 0.573 e. The molecular formula is C13H16F3NO2. The van der Waals surface area contributed by atoms with Crippen molar-refractivity contribution in [2.75, 3.05) is 6.61 Å². The molecule has 0 amide bonds. The third kappa shape index (κ3) is 3.19. The summed E-state index contributed by atoms with van der Waals surface area (Å²) in [6.45, 7) is 2.39. The molecule has 0 spiro atoms. The maximum atomic E-state index is 12.4. The molecule has 0 aliphatic carbocycles. The Bertz CT molecular complexity index is 442. The first-order chi connectivity index (χ1) is 8.82. The number of hydrogen-bond acceptors (Lipinski definition) is 3. The third-order valence-electron chi connectivity index (χ3n) is 3.39. The van der Waals surface area contributed by atoms with Crippen LogP contribution in [0.5, 0.6) is 5.75 Å². The van der Waals surface area contributed by atoms with Gasteiger partial charge in [0.25, 0.3) is 0 Å². The SMILES string of the molecule is CC1(C(N)c2ccccc2OC(F)(F)F)CCCO1. The van der Waals surface area contributed by atoms with Crippen molar-refractivity contribution in [3.8, 4) is 5.75 Å². The molecule has 3 nitrogen and oxygen atoms in total. The van der Waals surface area contributed by atoms with E-state index in [1.807, 2.05) is 6.92 Å². The Kier molecular flexibility index (Phi) is 3.73. The number of hydrogen-bond donors (Lipinski definition) is 1. The maximum absolute atomic E-state index is 12.4. The zero-order chi connectivity index (χ0) is 14.1. The predicted octanol–water partition coefficient (Wildman–Crippen LogP) is 3.15. The van der Waals surface area contributed by atoms with Crippen molar-refractivity contribution in [2.24, 2.45) is 5.73 Å². The van der Waals surface area contributed by atoms with Gasteiger partial charge in [0, 0.05) is 12.2 Å². The first kappa shape index (κ1) is 14.1. The molecule has 1 fully saturated rings. The minimum Gasteiger partial charge on any atom is -0.405 e. The van der Waals surface area contributed by atoms with E-state index < -0.39 is 18.0 Å². The summed E-state index contributed by atoms with van der Waals surface area (Å²) in [5.74, 6) is -0.265. The summed E-state index contributed by atoms with van der Waals surface area (Å²) in [6, 6.07) is 5.26. The first-order valence-electron chi connectivity index (χ1n) is 6.06. The molecule has 1 aliphatic rings. The van der Waals surface area contributed by atoms with E-state index in [1.54, 1.807) is 12.1 Å². The highest BCUT2D eigenvalue weighted by Gasteiger charge is 2.40. The fourth-order valence-electron chi connectivity index (χ4n) is 2.33. The highest BCUT2D eigenvalue weighted by molar-refractivity contribution is 5.37. The summed E-state index contributed by atoms with van der Waals surface area (Å²) in [4.78, 5) is 0. The number of halogens is 3. The van der Waals surface area contributed by atoms with Crippen molar-refractivity contribution >= 4 is 0 Å². The standard InChI is InChI=1S/C13H16F3NO2/c1-12(7-4-8-18-12)11(17)9-5-2-3-6-10(9)19-13(14,15)16/h2-3,5-6,11H,4,7-8,17H2,1H3. The van der Waals surface area contributed by atoms with Crippen LogP contribution in [0.3, 0.4) is 0 Å². The second kappa shape index (κ2) is 5.02. The molecule has 2 N–H and O–H groups in total. The highest BCUT2D eigenvalue weighted by Crippen LogP contribution is 2.40. The Morgan fingerprint density at radius 2 is 2.05 bits per heavy atom. The van der Waals surface area contributed by atoms with Crippen LogP contribution in [0.4, 0.5) is 13.2 Å². The molecule has 2 atom stereocenters. The second-order valence-corrected chi connectivity index (χ2v) is 4.83. The Labute approximate surface area is 109 Å². The lowest BCUT2D eigenvalue weighted by Crippen LogP contribution is -2.38. The molecule has 1 aromatic rings.